The second kappa shape index (κ2) is 7.35. The molecule has 0 bridgehead atoms. The molecule has 1 aromatic heterocycles. The molecule has 0 aliphatic carbocycles. The molecule has 3 rings (SSSR count). The number of aromatic nitrogens is 3. The van der Waals surface area contributed by atoms with Crippen LogP contribution >= 0.6 is 11.8 Å². The van der Waals surface area contributed by atoms with Crippen LogP contribution in [0, 0.1) is 0 Å². The average molecular weight is 363 g/mol. The first-order valence-electron chi connectivity index (χ1n) is 8.21. The molecule has 2 heterocycles. The van der Waals surface area contributed by atoms with E-state index in [1.165, 1.54) is 11.8 Å². The molecule has 8 heteroatoms. The van der Waals surface area contributed by atoms with E-state index in [2.05, 4.69) is 10.2 Å². The van der Waals surface area contributed by atoms with Gasteiger partial charge in [-0.05, 0) is 39.0 Å². The van der Waals surface area contributed by atoms with Crippen LogP contribution in [0.3, 0.4) is 0 Å². The number of rotatable bonds is 5. The topological polar surface area (TPSA) is 86.5 Å². The summed E-state index contributed by atoms with van der Waals surface area (Å²) in [5.41, 5.74) is 0.861. The van der Waals surface area contributed by atoms with E-state index >= 15 is 0 Å². The van der Waals surface area contributed by atoms with E-state index in [-0.39, 0.29) is 6.04 Å². The van der Waals surface area contributed by atoms with Crippen molar-refractivity contribution in [3.05, 3.63) is 18.2 Å². The number of carboxylic acid groups (broad SMARTS) is 1. The largest absolute Gasteiger partial charge is 0.490 e. The zero-order valence-electron chi connectivity index (χ0n) is 14.4. The lowest BCUT2D eigenvalue weighted by Gasteiger charge is -2.15. The van der Waals surface area contributed by atoms with Crippen LogP contribution in [0.4, 0.5) is 0 Å². The Bertz CT molecular complexity index is 775. The molecule has 0 saturated carbocycles. The van der Waals surface area contributed by atoms with Crippen molar-refractivity contribution in [1.29, 1.82) is 0 Å². The first kappa shape index (κ1) is 17.6. The van der Waals surface area contributed by atoms with Gasteiger partial charge in [-0.15, -0.1) is 10.2 Å². The molecule has 1 N–H and O–H groups in total. The summed E-state index contributed by atoms with van der Waals surface area (Å²) in [5, 5.41) is 17.6. The van der Waals surface area contributed by atoms with Crippen LogP contribution in [0.2, 0.25) is 0 Å². The van der Waals surface area contributed by atoms with E-state index in [1.54, 1.807) is 6.92 Å². The Morgan fingerprint density at radius 3 is 2.60 bits per heavy atom. The summed E-state index contributed by atoms with van der Waals surface area (Å²) in [5.74, 6) is 1.23. The number of thioether (sulfide) groups is 1. The second-order valence-corrected chi connectivity index (χ2v) is 7.39. The summed E-state index contributed by atoms with van der Waals surface area (Å²) in [6, 6.07) is 5.79. The lowest BCUT2D eigenvalue weighted by atomic mass is 10.2. The number of benzene rings is 1. The summed E-state index contributed by atoms with van der Waals surface area (Å²) >= 11 is 1.19. The highest BCUT2D eigenvalue weighted by Crippen LogP contribution is 2.36. The van der Waals surface area contributed by atoms with Gasteiger partial charge in [-0.1, -0.05) is 11.8 Å². The smallest absolute Gasteiger partial charge is 0.316 e. The second-order valence-electron chi connectivity index (χ2n) is 6.08. The van der Waals surface area contributed by atoms with Crippen molar-refractivity contribution in [3.8, 4) is 22.9 Å². The van der Waals surface area contributed by atoms with Crippen LogP contribution in [-0.4, -0.2) is 44.3 Å². The lowest BCUT2D eigenvalue weighted by molar-refractivity contribution is -0.136. The molecule has 25 heavy (non-hydrogen) atoms. The molecule has 1 aliphatic heterocycles. The number of carboxylic acids is 1. The van der Waals surface area contributed by atoms with Crippen molar-refractivity contribution in [2.75, 3.05) is 13.2 Å². The van der Waals surface area contributed by atoms with Crippen molar-refractivity contribution in [3.63, 3.8) is 0 Å². The Balaban J connectivity index is 1.98. The number of hydrogen-bond donors (Lipinski definition) is 1. The fourth-order valence-corrected chi connectivity index (χ4v) is 3.45. The number of carbonyl (C=O) groups is 1. The molecule has 0 fully saturated rings. The third-order valence-corrected chi connectivity index (χ3v) is 4.86. The van der Waals surface area contributed by atoms with Gasteiger partial charge in [0.15, 0.2) is 22.5 Å². The number of nitrogens with zero attached hydrogens (tertiary/aromatic N) is 3. The van der Waals surface area contributed by atoms with Crippen molar-refractivity contribution < 1.29 is 19.4 Å². The Morgan fingerprint density at radius 2 is 1.92 bits per heavy atom. The lowest BCUT2D eigenvalue weighted by Crippen LogP contribution is -2.13. The zero-order chi connectivity index (χ0) is 18.0. The van der Waals surface area contributed by atoms with Gasteiger partial charge in [-0.25, -0.2) is 0 Å². The summed E-state index contributed by atoms with van der Waals surface area (Å²) in [6.45, 7) is 6.93. The van der Waals surface area contributed by atoms with Gasteiger partial charge in [0.2, 0.25) is 0 Å². The third kappa shape index (κ3) is 3.73. The van der Waals surface area contributed by atoms with Crippen LogP contribution in [0.5, 0.6) is 11.5 Å². The third-order valence-electron chi connectivity index (χ3n) is 3.82. The molecule has 0 unspecified atom stereocenters. The first-order chi connectivity index (χ1) is 12.0. The van der Waals surface area contributed by atoms with E-state index in [9.17, 15) is 4.79 Å². The van der Waals surface area contributed by atoms with E-state index in [1.807, 2.05) is 36.6 Å². The molecule has 0 amide bonds. The van der Waals surface area contributed by atoms with Crippen LogP contribution in [0.25, 0.3) is 11.4 Å². The summed E-state index contributed by atoms with van der Waals surface area (Å²) in [7, 11) is 0. The first-order valence-corrected chi connectivity index (χ1v) is 9.09. The highest BCUT2D eigenvalue weighted by Gasteiger charge is 2.22. The minimum Gasteiger partial charge on any atom is -0.490 e. The van der Waals surface area contributed by atoms with Gasteiger partial charge in [-0.3, -0.25) is 9.36 Å². The van der Waals surface area contributed by atoms with Crippen LogP contribution < -0.4 is 9.47 Å². The summed E-state index contributed by atoms with van der Waals surface area (Å²) < 4.78 is 13.4. The monoisotopic (exact) mass is 363 g/mol. The van der Waals surface area contributed by atoms with Crippen molar-refractivity contribution in [2.24, 2.45) is 0 Å². The van der Waals surface area contributed by atoms with E-state index < -0.39 is 11.2 Å². The maximum Gasteiger partial charge on any atom is 0.316 e. The molecular weight excluding hydrogens is 342 g/mol. The van der Waals surface area contributed by atoms with Gasteiger partial charge in [0.25, 0.3) is 0 Å². The molecule has 7 nitrogen and oxygen atoms in total. The molecule has 2 aromatic rings. The van der Waals surface area contributed by atoms with Gasteiger partial charge in [0, 0.05) is 18.0 Å². The normalized spacial score (nSPS) is 15.0. The number of aliphatic carboxylic acids is 1. The number of ether oxygens (including phenoxy) is 2. The van der Waals surface area contributed by atoms with Gasteiger partial charge in [-0.2, -0.15) is 0 Å². The van der Waals surface area contributed by atoms with Crippen LogP contribution in [0.1, 0.15) is 33.2 Å². The molecule has 0 spiro atoms. The predicted molar refractivity (Wildman–Crippen MR) is 94.4 cm³/mol. The van der Waals surface area contributed by atoms with E-state index in [0.29, 0.717) is 29.9 Å². The minimum atomic E-state index is -0.875. The highest BCUT2D eigenvalue weighted by atomic mass is 32.2. The predicted octanol–water partition coefficient (Wildman–Crippen LogP) is 3.25. The van der Waals surface area contributed by atoms with Crippen LogP contribution in [-0.2, 0) is 4.79 Å². The van der Waals surface area contributed by atoms with Crippen molar-refractivity contribution in [1.82, 2.24) is 14.8 Å². The molecule has 0 radical (unpaired) electrons. The van der Waals surface area contributed by atoms with Gasteiger partial charge in [0.05, 0.1) is 13.2 Å². The fourth-order valence-electron chi connectivity index (χ4n) is 2.53. The Hall–Kier alpha value is -2.22. The molecular formula is C17H21N3O4S. The van der Waals surface area contributed by atoms with E-state index in [4.69, 9.17) is 14.6 Å². The number of fused-ring (bicyclic) bond motifs is 1. The zero-order valence-corrected chi connectivity index (χ0v) is 15.2. The maximum absolute atomic E-state index is 11.1. The van der Waals surface area contributed by atoms with Crippen LogP contribution in [0.15, 0.2) is 23.4 Å². The molecule has 1 aromatic carbocycles. The molecule has 0 saturated heterocycles. The van der Waals surface area contributed by atoms with Crippen molar-refractivity contribution in [2.45, 2.75) is 43.6 Å². The summed E-state index contributed by atoms with van der Waals surface area (Å²) in [4.78, 5) is 11.1. The van der Waals surface area contributed by atoms with Gasteiger partial charge < -0.3 is 14.6 Å². The Kier molecular flexibility index (Phi) is 5.17. The number of hydrogen-bond acceptors (Lipinski definition) is 6. The summed E-state index contributed by atoms with van der Waals surface area (Å²) in [6.07, 6.45) is 0.847. The quantitative estimate of drug-likeness (QED) is 0.816. The minimum absolute atomic E-state index is 0.0875. The highest BCUT2D eigenvalue weighted by molar-refractivity contribution is 8.00. The molecule has 1 atom stereocenters. The average Bonchev–Trinajstić information content (AvgIpc) is 2.84. The van der Waals surface area contributed by atoms with Crippen molar-refractivity contribution >= 4 is 17.7 Å². The molecule has 134 valence electrons. The maximum atomic E-state index is 11.1. The Labute approximate surface area is 150 Å². The van der Waals surface area contributed by atoms with E-state index in [0.717, 1.165) is 17.7 Å². The SMILES string of the molecule is CC(C)n1c(S[C@@H](C)C(=O)O)nnc1-c1ccc2c(c1)OCCCO2. The Morgan fingerprint density at radius 1 is 1.20 bits per heavy atom. The van der Waals surface area contributed by atoms with Gasteiger partial charge in [0.1, 0.15) is 5.25 Å². The standard InChI is InChI=1S/C17H21N3O4S/c1-10(2)20-15(18-19-17(20)25-11(3)16(21)22)12-5-6-13-14(9-12)24-8-4-7-23-13/h5-6,9-11H,4,7-8H2,1-3H3,(H,21,22)/t11-/m0/s1. The molecule has 1 aliphatic rings. The fraction of sp³-hybridized carbons (Fsp3) is 0.471. The van der Waals surface area contributed by atoms with Gasteiger partial charge >= 0.3 is 5.97 Å².